The van der Waals surface area contributed by atoms with Crippen LogP contribution in [-0.2, 0) is 16.4 Å². The molecule has 1 aromatic heterocycles. The van der Waals surface area contributed by atoms with E-state index in [1.54, 1.807) is 12.1 Å². The summed E-state index contributed by atoms with van der Waals surface area (Å²) in [6, 6.07) is 20.4. The molecule has 0 aliphatic heterocycles. The summed E-state index contributed by atoms with van der Waals surface area (Å²) in [6.45, 7) is 3.84. The SMILES string of the molecule is CCc1ccc(NS(=O)(=O)c2ccc3[nH]cc(C(=O)N[C@@H](C)c4ccccc4)c(=O)c3c2)cc1. The molecule has 4 aromatic rings. The second-order valence-corrected chi connectivity index (χ2v) is 9.68. The Morgan fingerprint density at radius 2 is 1.71 bits per heavy atom. The van der Waals surface area contributed by atoms with Crippen LogP contribution in [0.25, 0.3) is 10.9 Å². The van der Waals surface area contributed by atoms with Crippen molar-refractivity contribution in [1.82, 2.24) is 10.3 Å². The van der Waals surface area contributed by atoms with Gasteiger partial charge in [-0.2, -0.15) is 0 Å². The smallest absolute Gasteiger partial charge is 0.261 e. The van der Waals surface area contributed by atoms with Crippen molar-refractivity contribution in [2.24, 2.45) is 0 Å². The van der Waals surface area contributed by atoms with Gasteiger partial charge in [-0.1, -0.05) is 49.4 Å². The van der Waals surface area contributed by atoms with E-state index in [2.05, 4.69) is 15.0 Å². The van der Waals surface area contributed by atoms with Crippen LogP contribution in [0.5, 0.6) is 0 Å². The Morgan fingerprint density at radius 1 is 1.00 bits per heavy atom. The highest BCUT2D eigenvalue weighted by molar-refractivity contribution is 7.92. The number of benzene rings is 3. The number of H-pyrrole nitrogens is 1. The highest BCUT2D eigenvalue weighted by atomic mass is 32.2. The molecule has 0 aliphatic carbocycles. The number of aromatic amines is 1. The molecule has 0 spiro atoms. The summed E-state index contributed by atoms with van der Waals surface area (Å²) < 4.78 is 28.4. The monoisotopic (exact) mass is 475 g/mol. The highest BCUT2D eigenvalue weighted by Crippen LogP contribution is 2.20. The number of amides is 1. The molecule has 1 amide bonds. The largest absolute Gasteiger partial charge is 0.360 e. The minimum absolute atomic E-state index is 0.0692. The van der Waals surface area contributed by atoms with E-state index in [1.165, 1.54) is 24.4 Å². The van der Waals surface area contributed by atoms with Crippen molar-refractivity contribution in [2.75, 3.05) is 4.72 Å². The van der Waals surface area contributed by atoms with Crippen LogP contribution in [0, 0.1) is 0 Å². The fourth-order valence-electron chi connectivity index (χ4n) is 3.66. The van der Waals surface area contributed by atoms with Gasteiger partial charge in [-0.15, -0.1) is 0 Å². The normalized spacial score (nSPS) is 12.3. The highest BCUT2D eigenvalue weighted by Gasteiger charge is 2.19. The van der Waals surface area contributed by atoms with E-state index >= 15 is 0 Å². The first-order valence-electron chi connectivity index (χ1n) is 10.9. The second-order valence-electron chi connectivity index (χ2n) is 8.00. The number of pyridine rings is 1. The molecule has 8 heteroatoms. The number of hydrogen-bond donors (Lipinski definition) is 3. The number of aromatic nitrogens is 1. The number of fused-ring (bicyclic) bond motifs is 1. The summed E-state index contributed by atoms with van der Waals surface area (Å²) >= 11 is 0. The van der Waals surface area contributed by atoms with E-state index in [1.807, 2.05) is 56.3 Å². The molecule has 0 radical (unpaired) electrons. The van der Waals surface area contributed by atoms with Gasteiger partial charge in [0.15, 0.2) is 0 Å². The van der Waals surface area contributed by atoms with Gasteiger partial charge in [-0.05, 0) is 54.8 Å². The number of hydrogen-bond acceptors (Lipinski definition) is 4. The van der Waals surface area contributed by atoms with Crippen molar-refractivity contribution in [3.05, 3.63) is 106 Å². The molecule has 0 saturated heterocycles. The first-order valence-corrected chi connectivity index (χ1v) is 12.4. The van der Waals surface area contributed by atoms with Crippen molar-refractivity contribution in [3.8, 4) is 0 Å². The maximum absolute atomic E-state index is 13.1. The van der Waals surface area contributed by atoms with E-state index in [4.69, 9.17) is 0 Å². The van der Waals surface area contributed by atoms with Crippen LogP contribution in [-0.4, -0.2) is 19.3 Å². The van der Waals surface area contributed by atoms with Crippen molar-refractivity contribution in [1.29, 1.82) is 0 Å². The van der Waals surface area contributed by atoms with E-state index in [0.29, 0.717) is 11.2 Å². The fraction of sp³-hybridized carbons (Fsp3) is 0.154. The lowest BCUT2D eigenvalue weighted by Gasteiger charge is -2.14. The Bertz CT molecular complexity index is 1500. The lowest BCUT2D eigenvalue weighted by Crippen LogP contribution is -2.31. The zero-order chi connectivity index (χ0) is 24.3. The van der Waals surface area contributed by atoms with Gasteiger partial charge < -0.3 is 10.3 Å². The molecule has 34 heavy (non-hydrogen) atoms. The van der Waals surface area contributed by atoms with Crippen LogP contribution in [0.2, 0.25) is 0 Å². The molecule has 0 aliphatic rings. The number of carbonyl (C=O) groups is 1. The van der Waals surface area contributed by atoms with E-state index < -0.39 is 21.4 Å². The Balaban J connectivity index is 1.63. The number of nitrogens with one attached hydrogen (secondary N) is 3. The second kappa shape index (κ2) is 9.52. The zero-order valence-electron chi connectivity index (χ0n) is 18.8. The first-order chi connectivity index (χ1) is 16.3. The Hall–Kier alpha value is -3.91. The average molecular weight is 476 g/mol. The Morgan fingerprint density at radius 3 is 2.38 bits per heavy atom. The summed E-state index contributed by atoms with van der Waals surface area (Å²) in [5.74, 6) is -0.540. The summed E-state index contributed by atoms with van der Waals surface area (Å²) in [7, 11) is -3.93. The predicted molar refractivity (Wildman–Crippen MR) is 134 cm³/mol. The van der Waals surface area contributed by atoms with Crippen LogP contribution in [0.1, 0.15) is 41.4 Å². The standard InChI is InChI=1S/C26H25N3O4S/c1-3-18-9-11-20(12-10-18)29-34(32,33)21-13-14-24-22(15-21)25(30)23(16-27-24)26(31)28-17(2)19-7-5-4-6-8-19/h4-17,29H,3H2,1-2H3,(H,27,30)(H,28,31)/t17-/m0/s1. The summed E-state index contributed by atoms with van der Waals surface area (Å²) in [5, 5.41) is 2.93. The van der Waals surface area contributed by atoms with Crippen LogP contribution in [0.4, 0.5) is 5.69 Å². The van der Waals surface area contributed by atoms with Crippen molar-refractivity contribution < 1.29 is 13.2 Å². The summed E-state index contributed by atoms with van der Waals surface area (Å²) in [4.78, 5) is 28.8. The Kier molecular flexibility index (Phi) is 6.51. The topological polar surface area (TPSA) is 108 Å². The summed E-state index contributed by atoms with van der Waals surface area (Å²) in [5.41, 5.74) is 2.22. The third-order valence-corrected chi connectivity index (χ3v) is 7.05. The lowest BCUT2D eigenvalue weighted by molar-refractivity contribution is 0.0938. The van der Waals surface area contributed by atoms with Gasteiger partial charge in [0, 0.05) is 22.8 Å². The van der Waals surface area contributed by atoms with Gasteiger partial charge >= 0.3 is 0 Å². The average Bonchev–Trinajstić information content (AvgIpc) is 2.84. The maximum Gasteiger partial charge on any atom is 0.261 e. The molecule has 0 fully saturated rings. The van der Waals surface area contributed by atoms with Gasteiger partial charge in [0.05, 0.1) is 10.9 Å². The van der Waals surface area contributed by atoms with E-state index in [0.717, 1.165) is 17.5 Å². The minimum atomic E-state index is -3.93. The molecule has 3 N–H and O–H groups in total. The van der Waals surface area contributed by atoms with Gasteiger partial charge in [0.1, 0.15) is 5.56 Å². The maximum atomic E-state index is 13.1. The van der Waals surface area contributed by atoms with Crippen LogP contribution < -0.4 is 15.5 Å². The number of rotatable bonds is 7. The number of sulfonamides is 1. The van der Waals surface area contributed by atoms with Crippen LogP contribution in [0.3, 0.4) is 0 Å². The number of aryl methyl sites for hydroxylation is 1. The lowest BCUT2D eigenvalue weighted by atomic mass is 10.1. The molecule has 4 rings (SSSR count). The van der Waals surface area contributed by atoms with Gasteiger partial charge in [-0.3, -0.25) is 14.3 Å². The molecular weight excluding hydrogens is 450 g/mol. The minimum Gasteiger partial charge on any atom is -0.360 e. The molecule has 0 bridgehead atoms. The quantitative estimate of drug-likeness (QED) is 0.369. The van der Waals surface area contributed by atoms with Crippen molar-refractivity contribution in [2.45, 2.75) is 31.2 Å². The van der Waals surface area contributed by atoms with Crippen molar-refractivity contribution >= 4 is 32.5 Å². The Labute approximate surface area is 197 Å². The summed E-state index contributed by atoms with van der Waals surface area (Å²) in [6.07, 6.45) is 2.19. The molecule has 7 nitrogen and oxygen atoms in total. The first kappa shape index (κ1) is 23.3. The predicted octanol–water partition coefficient (Wildman–Crippen LogP) is 4.38. The van der Waals surface area contributed by atoms with Crippen LogP contribution >= 0.6 is 0 Å². The molecule has 0 saturated carbocycles. The molecule has 1 heterocycles. The van der Waals surface area contributed by atoms with Gasteiger partial charge in [0.25, 0.3) is 15.9 Å². The van der Waals surface area contributed by atoms with E-state index in [-0.39, 0.29) is 21.9 Å². The molecule has 0 unspecified atom stereocenters. The molecular formula is C26H25N3O4S. The van der Waals surface area contributed by atoms with E-state index in [9.17, 15) is 18.0 Å². The number of carbonyl (C=O) groups excluding carboxylic acids is 1. The van der Waals surface area contributed by atoms with Gasteiger partial charge in [-0.25, -0.2) is 8.42 Å². The number of anilines is 1. The molecule has 1 atom stereocenters. The van der Waals surface area contributed by atoms with Crippen LogP contribution in [0.15, 0.2) is 88.7 Å². The van der Waals surface area contributed by atoms with Crippen molar-refractivity contribution in [3.63, 3.8) is 0 Å². The molecule has 3 aromatic carbocycles. The third-order valence-electron chi connectivity index (χ3n) is 5.67. The zero-order valence-corrected chi connectivity index (χ0v) is 19.6. The third kappa shape index (κ3) is 4.87. The fourth-order valence-corrected chi connectivity index (χ4v) is 4.74. The molecule has 174 valence electrons. The van der Waals surface area contributed by atoms with Gasteiger partial charge in [0.2, 0.25) is 5.43 Å².